The molecule has 2 rings (SSSR count). The third-order valence-electron chi connectivity index (χ3n) is 2.58. The highest BCUT2D eigenvalue weighted by Crippen LogP contribution is 2.32. The first kappa shape index (κ1) is 13.8. The molecule has 0 spiro atoms. The van der Waals surface area contributed by atoms with Gasteiger partial charge in [0.1, 0.15) is 5.69 Å². The fraction of sp³-hybridized carbons (Fsp3) is 0.0833. The van der Waals surface area contributed by atoms with Crippen molar-refractivity contribution in [1.29, 1.82) is 0 Å². The van der Waals surface area contributed by atoms with Crippen LogP contribution < -0.4 is 5.73 Å². The van der Waals surface area contributed by atoms with Gasteiger partial charge in [0.05, 0.1) is 11.3 Å². The number of carbonyl (C=O) groups is 2. The van der Waals surface area contributed by atoms with Crippen LogP contribution >= 0.6 is 0 Å². The van der Waals surface area contributed by atoms with Crippen molar-refractivity contribution in [3.05, 3.63) is 47.3 Å². The van der Waals surface area contributed by atoms with E-state index in [2.05, 4.69) is 5.10 Å². The smallest absolute Gasteiger partial charge is 0.364 e. The number of alkyl halides is 3. The minimum atomic E-state index is -4.66. The summed E-state index contributed by atoms with van der Waals surface area (Å²) in [5, 5.41) is 3.75. The summed E-state index contributed by atoms with van der Waals surface area (Å²) in [7, 11) is 0. The number of halogens is 3. The molecule has 0 unspecified atom stereocenters. The van der Waals surface area contributed by atoms with Gasteiger partial charge in [-0.1, -0.05) is 0 Å². The first-order valence-electron chi connectivity index (χ1n) is 5.35. The fourth-order valence-electron chi connectivity index (χ4n) is 1.63. The van der Waals surface area contributed by atoms with Gasteiger partial charge in [-0.2, -0.15) is 18.3 Å². The summed E-state index contributed by atoms with van der Waals surface area (Å²) in [6.07, 6.45) is -3.23. The Labute approximate surface area is 110 Å². The van der Waals surface area contributed by atoms with E-state index >= 15 is 0 Å². The number of benzene rings is 1. The lowest BCUT2D eigenvalue weighted by molar-refractivity contribution is -0.137. The zero-order chi connectivity index (χ0) is 14.9. The molecule has 0 saturated carbocycles. The maximum atomic E-state index is 12.8. The number of amides is 1. The number of nitrogens with two attached hydrogens (primary N) is 1. The van der Waals surface area contributed by atoms with Crippen molar-refractivity contribution in [2.24, 2.45) is 5.73 Å². The summed E-state index contributed by atoms with van der Waals surface area (Å²) < 4.78 is 39.5. The molecule has 0 bridgehead atoms. The van der Waals surface area contributed by atoms with Gasteiger partial charge in [0, 0.05) is 11.8 Å². The molecule has 1 heterocycles. The van der Waals surface area contributed by atoms with Gasteiger partial charge in [-0.15, -0.1) is 0 Å². The normalized spacial score (nSPS) is 11.3. The summed E-state index contributed by atoms with van der Waals surface area (Å²) in [6.45, 7) is 0. The van der Waals surface area contributed by atoms with Crippen molar-refractivity contribution in [3.8, 4) is 5.69 Å². The van der Waals surface area contributed by atoms with Crippen molar-refractivity contribution < 1.29 is 22.8 Å². The van der Waals surface area contributed by atoms with Crippen LogP contribution in [0.15, 0.2) is 30.5 Å². The molecule has 0 aliphatic rings. The van der Waals surface area contributed by atoms with E-state index in [1.165, 1.54) is 18.3 Å². The monoisotopic (exact) mass is 283 g/mol. The molecule has 104 valence electrons. The highest BCUT2D eigenvalue weighted by atomic mass is 19.4. The minimum absolute atomic E-state index is 0.0652. The van der Waals surface area contributed by atoms with Gasteiger partial charge in [-0.3, -0.25) is 9.59 Å². The Morgan fingerprint density at radius 2 is 2.00 bits per heavy atom. The lowest BCUT2D eigenvalue weighted by Gasteiger charge is -2.11. The molecule has 0 aliphatic carbocycles. The van der Waals surface area contributed by atoms with Crippen LogP contribution in [0.2, 0.25) is 0 Å². The molecule has 8 heteroatoms. The molecule has 0 fully saturated rings. The molecule has 2 aromatic rings. The average Bonchev–Trinajstić information content (AvgIpc) is 2.86. The van der Waals surface area contributed by atoms with Crippen LogP contribution in [0, 0.1) is 0 Å². The zero-order valence-electron chi connectivity index (χ0n) is 9.89. The van der Waals surface area contributed by atoms with Crippen molar-refractivity contribution in [2.45, 2.75) is 6.18 Å². The Bertz CT molecular complexity index is 677. The van der Waals surface area contributed by atoms with E-state index in [0.29, 0.717) is 0 Å². The first-order valence-corrected chi connectivity index (χ1v) is 5.35. The fourth-order valence-corrected chi connectivity index (χ4v) is 1.63. The Balaban J connectivity index is 2.52. The Morgan fingerprint density at radius 1 is 1.30 bits per heavy atom. The second kappa shape index (κ2) is 4.80. The van der Waals surface area contributed by atoms with Crippen LogP contribution in [-0.2, 0) is 6.18 Å². The predicted octanol–water partition coefficient (Wildman–Crippen LogP) is 1.80. The van der Waals surface area contributed by atoms with Crippen LogP contribution in [0.3, 0.4) is 0 Å². The quantitative estimate of drug-likeness (QED) is 0.872. The number of hydrogen-bond donors (Lipinski definition) is 1. The van der Waals surface area contributed by atoms with Gasteiger partial charge >= 0.3 is 6.18 Å². The third kappa shape index (κ3) is 2.53. The van der Waals surface area contributed by atoms with Gasteiger partial charge in [0.15, 0.2) is 6.29 Å². The van der Waals surface area contributed by atoms with E-state index in [9.17, 15) is 22.8 Å². The summed E-state index contributed by atoms with van der Waals surface area (Å²) in [5.41, 5.74) is 3.47. The first-order chi connectivity index (χ1) is 9.32. The Morgan fingerprint density at radius 3 is 2.50 bits per heavy atom. The maximum absolute atomic E-state index is 12.8. The maximum Gasteiger partial charge on any atom is 0.417 e. The van der Waals surface area contributed by atoms with Crippen LogP contribution in [-0.4, -0.2) is 22.0 Å². The van der Waals surface area contributed by atoms with Crippen molar-refractivity contribution in [1.82, 2.24) is 9.78 Å². The van der Waals surface area contributed by atoms with Gasteiger partial charge in [-0.05, 0) is 24.3 Å². The summed E-state index contributed by atoms with van der Waals surface area (Å²) in [6, 6.07) is 4.39. The third-order valence-corrected chi connectivity index (χ3v) is 2.58. The second-order valence-corrected chi connectivity index (χ2v) is 3.90. The highest BCUT2D eigenvalue weighted by molar-refractivity contribution is 5.90. The van der Waals surface area contributed by atoms with Crippen LogP contribution in [0.1, 0.15) is 26.4 Å². The number of aromatic nitrogens is 2. The van der Waals surface area contributed by atoms with Crippen LogP contribution in [0.25, 0.3) is 5.69 Å². The van der Waals surface area contributed by atoms with E-state index in [0.717, 1.165) is 16.8 Å². The van der Waals surface area contributed by atoms with Crippen molar-refractivity contribution in [3.63, 3.8) is 0 Å². The van der Waals surface area contributed by atoms with Gasteiger partial charge < -0.3 is 5.73 Å². The molecule has 5 nitrogen and oxygen atoms in total. The van der Waals surface area contributed by atoms with Crippen molar-refractivity contribution in [2.75, 3.05) is 0 Å². The van der Waals surface area contributed by atoms with Gasteiger partial charge in [0.2, 0.25) is 0 Å². The van der Waals surface area contributed by atoms with E-state index < -0.39 is 23.2 Å². The summed E-state index contributed by atoms with van der Waals surface area (Å²) >= 11 is 0. The number of hydrogen-bond acceptors (Lipinski definition) is 3. The SMILES string of the molecule is NC(=O)c1ccn(-c2ccc(C=O)c(C(F)(F)F)c2)n1. The number of primary amides is 1. The zero-order valence-corrected chi connectivity index (χ0v) is 9.89. The van der Waals surface area contributed by atoms with E-state index in [4.69, 9.17) is 5.73 Å². The molecule has 1 amide bonds. The topological polar surface area (TPSA) is 78.0 Å². The molecule has 1 aromatic carbocycles. The van der Waals surface area contributed by atoms with Crippen molar-refractivity contribution >= 4 is 12.2 Å². The number of rotatable bonds is 3. The highest BCUT2D eigenvalue weighted by Gasteiger charge is 2.33. The summed E-state index contributed by atoms with van der Waals surface area (Å²) in [4.78, 5) is 21.5. The van der Waals surface area contributed by atoms with Crippen LogP contribution in [0.5, 0.6) is 0 Å². The molecule has 2 N–H and O–H groups in total. The number of carbonyl (C=O) groups excluding carboxylic acids is 2. The molecule has 0 aliphatic heterocycles. The largest absolute Gasteiger partial charge is 0.417 e. The van der Waals surface area contributed by atoms with Crippen LogP contribution in [0.4, 0.5) is 13.2 Å². The van der Waals surface area contributed by atoms with Gasteiger partial charge in [0.25, 0.3) is 5.91 Å². The van der Waals surface area contributed by atoms with E-state index in [1.54, 1.807) is 0 Å². The van der Waals surface area contributed by atoms with E-state index in [1.807, 2.05) is 0 Å². The lowest BCUT2D eigenvalue weighted by Crippen LogP contribution is -2.13. The standard InChI is InChI=1S/C12H8F3N3O2/c13-12(14,15)9-5-8(2-1-7(9)6-19)18-4-3-10(17-18)11(16)20/h1-6H,(H2,16,20). The molecular weight excluding hydrogens is 275 g/mol. The Hall–Kier alpha value is -2.64. The Kier molecular flexibility index (Phi) is 3.31. The minimum Gasteiger partial charge on any atom is -0.364 e. The molecule has 20 heavy (non-hydrogen) atoms. The molecule has 0 radical (unpaired) electrons. The molecule has 1 aromatic heterocycles. The number of aldehydes is 1. The van der Waals surface area contributed by atoms with Gasteiger partial charge in [-0.25, -0.2) is 4.68 Å². The second-order valence-electron chi connectivity index (χ2n) is 3.90. The average molecular weight is 283 g/mol. The lowest BCUT2D eigenvalue weighted by atomic mass is 10.1. The van der Waals surface area contributed by atoms with E-state index in [-0.39, 0.29) is 17.7 Å². The summed E-state index contributed by atoms with van der Waals surface area (Å²) in [5.74, 6) is -0.788. The predicted molar refractivity (Wildman–Crippen MR) is 62.5 cm³/mol. The molecule has 0 atom stereocenters. The number of nitrogens with zero attached hydrogens (tertiary/aromatic N) is 2. The molecule has 0 saturated heterocycles. The molecular formula is C12H8F3N3O2.